The summed E-state index contributed by atoms with van der Waals surface area (Å²) in [7, 11) is 0. The standard InChI is InChI=1S/C19H21N3O4/c1-10-7-8-15-13(9-10)16(12-5-3-4-6-14(12)21-15)18(24)26-11(2)17(23)22-19(20)25/h3-6,10-11H,7-9H2,1-2H3,(H3,20,22,23,25)/t10-,11-/m1/s1. The number of hydrogen-bond donors (Lipinski definition) is 2. The number of carbonyl (C=O) groups excluding carboxylic acids is 3. The third-order valence-corrected chi connectivity index (χ3v) is 4.61. The van der Waals surface area contributed by atoms with Gasteiger partial charge in [0.15, 0.2) is 6.10 Å². The van der Waals surface area contributed by atoms with Crippen LogP contribution in [0.1, 0.15) is 41.9 Å². The molecule has 0 saturated carbocycles. The van der Waals surface area contributed by atoms with Crippen LogP contribution in [-0.2, 0) is 22.4 Å². The molecule has 7 nitrogen and oxygen atoms in total. The van der Waals surface area contributed by atoms with Crippen LogP contribution in [0.25, 0.3) is 10.9 Å². The molecule has 136 valence electrons. The van der Waals surface area contributed by atoms with Crippen molar-refractivity contribution in [1.82, 2.24) is 10.3 Å². The van der Waals surface area contributed by atoms with Gasteiger partial charge in [0.2, 0.25) is 0 Å². The number of aromatic nitrogens is 1. The molecule has 1 aliphatic carbocycles. The smallest absolute Gasteiger partial charge is 0.339 e. The summed E-state index contributed by atoms with van der Waals surface area (Å²) in [5, 5.41) is 2.62. The van der Waals surface area contributed by atoms with Gasteiger partial charge in [0.25, 0.3) is 5.91 Å². The number of ether oxygens (including phenoxy) is 1. The van der Waals surface area contributed by atoms with E-state index in [-0.39, 0.29) is 0 Å². The van der Waals surface area contributed by atoms with E-state index >= 15 is 0 Å². The first-order valence-electron chi connectivity index (χ1n) is 8.58. The Bertz CT molecular complexity index is 894. The van der Waals surface area contributed by atoms with Gasteiger partial charge in [-0.3, -0.25) is 15.1 Å². The molecule has 7 heteroatoms. The van der Waals surface area contributed by atoms with Gasteiger partial charge in [-0.05, 0) is 43.7 Å². The lowest BCUT2D eigenvalue weighted by Crippen LogP contribution is -2.42. The number of nitrogens with zero attached hydrogens (tertiary/aromatic N) is 1. The van der Waals surface area contributed by atoms with E-state index in [1.807, 2.05) is 29.6 Å². The molecule has 1 aromatic heterocycles. The minimum absolute atomic E-state index is 0.438. The van der Waals surface area contributed by atoms with Gasteiger partial charge in [0, 0.05) is 11.1 Å². The maximum Gasteiger partial charge on any atom is 0.339 e. The number of amides is 3. The monoisotopic (exact) mass is 355 g/mol. The highest BCUT2D eigenvalue weighted by molar-refractivity contribution is 6.06. The molecule has 1 aromatic carbocycles. The van der Waals surface area contributed by atoms with Crippen LogP contribution in [0.2, 0.25) is 0 Å². The molecular weight excluding hydrogens is 334 g/mol. The molecule has 0 bridgehead atoms. The van der Waals surface area contributed by atoms with E-state index in [1.165, 1.54) is 6.92 Å². The molecule has 3 rings (SSSR count). The van der Waals surface area contributed by atoms with Gasteiger partial charge < -0.3 is 10.5 Å². The molecule has 1 aliphatic rings. The lowest BCUT2D eigenvalue weighted by atomic mass is 9.84. The average molecular weight is 355 g/mol. The fraction of sp³-hybridized carbons (Fsp3) is 0.368. The lowest BCUT2D eigenvalue weighted by Gasteiger charge is -2.24. The molecule has 0 fully saturated rings. The minimum Gasteiger partial charge on any atom is -0.449 e. The van der Waals surface area contributed by atoms with Gasteiger partial charge in [-0.1, -0.05) is 25.1 Å². The minimum atomic E-state index is -1.14. The van der Waals surface area contributed by atoms with Crippen molar-refractivity contribution >= 4 is 28.8 Å². The van der Waals surface area contributed by atoms with Crippen LogP contribution >= 0.6 is 0 Å². The van der Waals surface area contributed by atoms with Crippen molar-refractivity contribution < 1.29 is 19.1 Å². The lowest BCUT2D eigenvalue weighted by molar-refractivity contribution is -0.127. The Morgan fingerprint density at radius 3 is 2.77 bits per heavy atom. The number of rotatable bonds is 3. The van der Waals surface area contributed by atoms with E-state index in [4.69, 9.17) is 15.5 Å². The zero-order valence-corrected chi connectivity index (χ0v) is 14.7. The van der Waals surface area contributed by atoms with Crippen molar-refractivity contribution in [2.24, 2.45) is 11.7 Å². The highest BCUT2D eigenvalue weighted by atomic mass is 16.5. The van der Waals surface area contributed by atoms with Crippen molar-refractivity contribution in [1.29, 1.82) is 0 Å². The Morgan fingerprint density at radius 1 is 1.31 bits per heavy atom. The van der Waals surface area contributed by atoms with Crippen LogP contribution in [-0.4, -0.2) is 29.0 Å². The first-order chi connectivity index (χ1) is 12.4. The highest BCUT2D eigenvalue weighted by Gasteiger charge is 2.28. The molecule has 3 amide bonds. The Kier molecular flexibility index (Phi) is 4.88. The zero-order chi connectivity index (χ0) is 18.8. The fourth-order valence-corrected chi connectivity index (χ4v) is 3.29. The maximum atomic E-state index is 12.9. The number of urea groups is 1. The summed E-state index contributed by atoms with van der Waals surface area (Å²) in [5.41, 5.74) is 7.90. The molecule has 0 aliphatic heterocycles. The normalized spacial score (nSPS) is 17.2. The van der Waals surface area contributed by atoms with E-state index in [0.717, 1.165) is 36.0 Å². The number of primary amides is 1. The second-order valence-electron chi connectivity index (χ2n) is 6.68. The van der Waals surface area contributed by atoms with Gasteiger partial charge in [-0.25, -0.2) is 9.59 Å². The van der Waals surface area contributed by atoms with Crippen LogP contribution in [0.5, 0.6) is 0 Å². The van der Waals surface area contributed by atoms with Crippen molar-refractivity contribution in [3.8, 4) is 0 Å². The number of para-hydroxylation sites is 1. The van der Waals surface area contributed by atoms with Crippen LogP contribution in [0.3, 0.4) is 0 Å². The largest absolute Gasteiger partial charge is 0.449 e. The third-order valence-electron chi connectivity index (χ3n) is 4.61. The molecule has 26 heavy (non-hydrogen) atoms. The fourth-order valence-electron chi connectivity index (χ4n) is 3.29. The van der Waals surface area contributed by atoms with Gasteiger partial charge in [-0.15, -0.1) is 0 Å². The molecule has 0 saturated heterocycles. The van der Waals surface area contributed by atoms with Crippen molar-refractivity contribution in [2.75, 3.05) is 0 Å². The Hall–Kier alpha value is -2.96. The van der Waals surface area contributed by atoms with Gasteiger partial charge in [-0.2, -0.15) is 0 Å². The second-order valence-corrected chi connectivity index (χ2v) is 6.68. The summed E-state index contributed by atoms with van der Waals surface area (Å²) >= 11 is 0. The summed E-state index contributed by atoms with van der Waals surface area (Å²) in [6.45, 7) is 3.53. The van der Waals surface area contributed by atoms with Crippen LogP contribution < -0.4 is 11.1 Å². The first kappa shape index (κ1) is 17.8. The molecule has 2 aromatic rings. The second kappa shape index (κ2) is 7.11. The number of benzene rings is 1. The number of fused-ring (bicyclic) bond motifs is 2. The number of imide groups is 1. The average Bonchev–Trinajstić information content (AvgIpc) is 2.58. The van der Waals surface area contributed by atoms with E-state index in [1.54, 1.807) is 0 Å². The summed E-state index contributed by atoms with van der Waals surface area (Å²) in [6.07, 6.45) is 1.42. The first-order valence-corrected chi connectivity index (χ1v) is 8.58. The van der Waals surface area contributed by atoms with Gasteiger partial charge in [0.1, 0.15) is 0 Å². The summed E-state index contributed by atoms with van der Waals surface area (Å²) in [4.78, 5) is 40.2. The number of nitrogens with two attached hydrogens (primary N) is 1. The van der Waals surface area contributed by atoms with E-state index in [0.29, 0.717) is 16.9 Å². The predicted octanol–water partition coefficient (Wildman–Crippen LogP) is 2.10. The molecule has 2 atom stereocenters. The van der Waals surface area contributed by atoms with Crippen LogP contribution in [0.15, 0.2) is 24.3 Å². The molecular formula is C19H21N3O4. The van der Waals surface area contributed by atoms with E-state index < -0.39 is 24.0 Å². The Labute approximate surface area is 150 Å². The number of pyridine rings is 1. The SMILES string of the molecule is C[C@@H]1CCc2nc3ccccc3c(C(=O)O[C@H](C)C(=O)NC(N)=O)c2C1. The molecule has 0 radical (unpaired) electrons. The maximum absolute atomic E-state index is 12.9. The summed E-state index contributed by atoms with van der Waals surface area (Å²) in [5.74, 6) is -0.917. The van der Waals surface area contributed by atoms with Crippen LogP contribution in [0, 0.1) is 5.92 Å². The molecule has 3 N–H and O–H groups in total. The third kappa shape index (κ3) is 3.51. The van der Waals surface area contributed by atoms with Crippen molar-refractivity contribution in [3.63, 3.8) is 0 Å². The van der Waals surface area contributed by atoms with E-state index in [9.17, 15) is 14.4 Å². The molecule has 1 heterocycles. The molecule has 0 unspecified atom stereocenters. The Balaban J connectivity index is 2.00. The van der Waals surface area contributed by atoms with Gasteiger partial charge >= 0.3 is 12.0 Å². The summed E-state index contributed by atoms with van der Waals surface area (Å²) in [6, 6.07) is 6.40. The number of carbonyl (C=O) groups is 3. The Morgan fingerprint density at radius 2 is 2.04 bits per heavy atom. The van der Waals surface area contributed by atoms with E-state index in [2.05, 4.69) is 6.92 Å². The zero-order valence-electron chi connectivity index (χ0n) is 14.7. The number of esters is 1. The van der Waals surface area contributed by atoms with Crippen LogP contribution in [0.4, 0.5) is 4.79 Å². The number of nitrogens with one attached hydrogen (secondary N) is 1. The van der Waals surface area contributed by atoms with Crippen molar-refractivity contribution in [2.45, 2.75) is 39.2 Å². The number of hydrogen-bond acceptors (Lipinski definition) is 5. The molecule has 0 spiro atoms. The predicted molar refractivity (Wildman–Crippen MR) is 95.5 cm³/mol. The van der Waals surface area contributed by atoms with Crippen molar-refractivity contribution in [3.05, 3.63) is 41.1 Å². The van der Waals surface area contributed by atoms with Gasteiger partial charge in [0.05, 0.1) is 11.1 Å². The topological polar surface area (TPSA) is 111 Å². The quantitative estimate of drug-likeness (QED) is 0.819. The highest BCUT2D eigenvalue weighted by Crippen LogP contribution is 2.32. The summed E-state index contributed by atoms with van der Waals surface area (Å²) < 4.78 is 5.32. The number of aryl methyl sites for hydroxylation is 1.